The Hall–Kier alpha value is -4.16. The summed E-state index contributed by atoms with van der Waals surface area (Å²) in [7, 11) is 3.04. The van der Waals surface area contributed by atoms with Crippen molar-refractivity contribution in [3.63, 3.8) is 0 Å². The van der Waals surface area contributed by atoms with E-state index in [1.807, 2.05) is 36.6 Å². The number of nitrogens with zero attached hydrogens (tertiary/aromatic N) is 4. The van der Waals surface area contributed by atoms with Crippen LogP contribution >= 0.6 is 23.1 Å². The fraction of sp³-hybridized carbons (Fsp3) is 0.222. The van der Waals surface area contributed by atoms with E-state index in [2.05, 4.69) is 32.4 Å². The summed E-state index contributed by atoms with van der Waals surface area (Å²) in [6.07, 6.45) is 1.70. The monoisotopic (exact) mass is 564 g/mol. The molecule has 2 amide bonds. The molecule has 2 heterocycles. The predicted octanol–water partition coefficient (Wildman–Crippen LogP) is 4.57. The summed E-state index contributed by atoms with van der Waals surface area (Å²) in [6, 6.07) is 13.0. The normalized spacial score (nSPS) is 10.6. The van der Waals surface area contributed by atoms with Gasteiger partial charge in [0, 0.05) is 23.1 Å². The number of thiazole rings is 1. The standard InChI is InChI=1S/C27H28N6O4S2/c1-5-12-33-23(14-28-25(35)19-10-11-21(36-3)22(13-19)37-4)31-32-27(33)39-16-24(34)30-26-29-20(15-38-26)18-8-6-17(2)7-9-18/h5-11,13,15H,1,12,14,16H2,2-4H3,(H,28,35)(H,29,30,34). The van der Waals surface area contributed by atoms with Gasteiger partial charge < -0.3 is 24.7 Å². The third kappa shape index (κ3) is 7.03. The van der Waals surface area contributed by atoms with Crippen molar-refractivity contribution in [3.05, 3.63) is 77.5 Å². The van der Waals surface area contributed by atoms with E-state index in [4.69, 9.17) is 9.47 Å². The van der Waals surface area contributed by atoms with E-state index in [0.717, 1.165) is 11.3 Å². The highest BCUT2D eigenvalue weighted by Gasteiger charge is 2.17. The second-order valence-corrected chi connectivity index (χ2v) is 10.1. The molecule has 2 aromatic carbocycles. The first-order valence-electron chi connectivity index (χ1n) is 11.9. The van der Waals surface area contributed by atoms with Crippen LogP contribution in [0.2, 0.25) is 0 Å². The van der Waals surface area contributed by atoms with Crippen LogP contribution in [-0.2, 0) is 17.9 Å². The number of anilines is 1. The third-order valence-electron chi connectivity index (χ3n) is 5.59. The van der Waals surface area contributed by atoms with E-state index >= 15 is 0 Å². The first kappa shape index (κ1) is 27.9. The van der Waals surface area contributed by atoms with Crippen molar-refractivity contribution in [2.45, 2.75) is 25.2 Å². The molecule has 0 fully saturated rings. The van der Waals surface area contributed by atoms with Gasteiger partial charge >= 0.3 is 0 Å². The van der Waals surface area contributed by atoms with Gasteiger partial charge in [-0.15, -0.1) is 28.1 Å². The van der Waals surface area contributed by atoms with Gasteiger partial charge in [-0.3, -0.25) is 9.59 Å². The average molecular weight is 565 g/mol. The summed E-state index contributed by atoms with van der Waals surface area (Å²) < 4.78 is 12.3. The highest BCUT2D eigenvalue weighted by atomic mass is 32.2. The molecule has 10 nitrogen and oxygen atoms in total. The summed E-state index contributed by atoms with van der Waals surface area (Å²) >= 11 is 2.61. The Bertz CT molecular complexity index is 1470. The lowest BCUT2D eigenvalue weighted by Gasteiger charge is -2.11. The fourth-order valence-corrected chi connectivity index (χ4v) is 5.08. The van der Waals surface area contributed by atoms with Gasteiger partial charge in [0.1, 0.15) is 0 Å². The van der Waals surface area contributed by atoms with Crippen LogP contribution in [0, 0.1) is 6.92 Å². The Kier molecular flexibility index (Phi) is 9.34. The van der Waals surface area contributed by atoms with Crippen molar-refractivity contribution in [3.8, 4) is 22.8 Å². The van der Waals surface area contributed by atoms with Crippen LogP contribution < -0.4 is 20.1 Å². The molecule has 0 saturated heterocycles. The zero-order valence-corrected chi connectivity index (χ0v) is 23.4. The molecule has 0 bridgehead atoms. The van der Waals surface area contributed by atoms with Crippen LogP contribution in [-0.4, -0.2) is 51.5 Å². The molecule has 12 heteroatoms. The molecule has 0 radical (unpaired) electrons. The van der Waals surface area contributed by atoms with Gasteiger partial charge in [0.2, 0.25) is 5.91 Å². The molecule has 4 rings (SSSR count). The summed E-state index contributed by atoms with van der Waals surface area (Å²) in [6.45, 7) is 6.39. The Balaban J connectivity index is 1.35. The highest BCUT2D eigenvalue weighted by molar-refractivity contribution is 7.99. The summed E-state index contributed by atoms with van der Waals surface area (Å²) in [5.41, 5.74) is 3.40. The van der Waals surface area contributed by atoms with E-state index < -0.39 is 0 Å². The molecule has 0 aliphatic rings. The van der Waals surface area contributed by atoms with E-state index in [-0.39, 0.29) is 24.1 Å². The minimum absolute atomic E-state index is 0.118. The minimum Gasteiger partial charge on any atom is -0.493 e. The number of amides is 2. The van der Waals surface area contributed by atoms with Gasteiger partial charge in [-0.05, 0) is 25.1 Å². The molecule has 202 valence electrons. The summed E-state index contributed by atoms with van der Waals surface area (Å²) in [5.74, 6) is 1.14. The van der Waals surface area contributed by atoms with Crippen molar-refractivity contribution in [1.82, 2.24) is 25.1 Å². The molecule has 2 N–H and O–H groups in total. The van der Waals surface area contributed by atoms with Gasteiger partial charge in [-0.2, -0.15) is 0 Å². The lowest BCUT2D eigenvalue weighted by Crippen LogP contribution is -2.25. The first-order valence-corrected chi connectivity index (χ1v) is 13.8. The zero-order chi connectivity index (χ0) is 27.8. The average Bonchev–Trinajstić information content (AvgIpc) is 3.57. The number of benzene rings is 2. The third-order valence-corrected chi connectivity index (χ3v) is 7.31. The predicted molar refractivity (Wildman–Crippen MR) is 153 cm³/mol. The number of hydrogen-bond acceptors (Lipinski definition) is 9. The van der Waals surface area contributed by atoms with Gasteiger partial charge in [-0.25, -0.2) is 4.98 Å². The number of rotatable bonds is 12. The number of hydrogen-bond donors (Lipinski definition) is 2. The maximum Gasteiger partial charge on any atom is 0.251 e. The van der Waals surface area contributed by atoms with E-state index in [1.165, 1.54) is 42.9 Å². The fourth-order valence-electron chi connectivity index (χ4n) is 3.58. The number of ether oxygens (including phenoxy) is 2. The van der Waals surface area contributed by atoms with Crippen LogP contribution in [0.25, 0.3) is 11.3 Å². The van der Waals surface area contributed by atoms with E-state index in [9.17, 15) is 9.59 Å². The molecule has 39 heavy (non-hydrogen) atoms. The van der Waals surface area contributed by atoms with Crippen LogP contribution in [0.5, 0.6) is 11.5 Å². The Morgan fingerprint density at radius 2 is 1.87 bits per heavy atom. The van der Waals surface area contributed by atoms with Crippen LogP contribution in [0.15, 0.2) is 65.7 Å². The van der Waals surface area contributed by atoms with Crippen molar-refractivity contribution in [1.29, 1.82) is 0 Å². The van der Waals surface area contributed by atoms with Crippen molar-refractivity contribution in [2.24, 2.45) is 0 Å². The van der Waals surface area contributed by atoms with Crippen molar-refractivity contribution < 1.29 is 19.1 Å². The number of nitrogens with one attached hydrogen (secondary N) is 2. The molecule has 0 aliphatic heterocycles. The second kappa shape index (κ2) is 13.1. The number of aryl methyl sites for hydroxylation is 1. The van der Waals surface area contributed by atoms with E-state index in [0.29, 0.717) is 39.7 Å². The van der Waals surface area contributed by atoms with Crippen LogP contribution in [0.1, 0.15) is 21.7 Å². The molecule has 2 aromatic heterocycles. The number of allylic oxidation sites excluding steroid dienone is 1. The molecule has 4 aromatic rings. The van der Waals surface area contributed by atoms with Gasteiger partial charge in [0.15, 0.2) is 27.6 Å². The van der Waals surface area contributed by atoms with Crippen LogP contribution in [0.3, 0.4) is 0 Å². The lowest BCUT2D eigenvalue weighted by atomic mass is 10.1. The SMILES string of the molecule is C=CCn1c(CNC(=O)c2ccc(OC)c(OC)c2)nnc1SCC(=O)Nc1nc(-c2ccc(C)cc2)cs1. The van der Waals surface area contributed by atoms with Crippen molar-refractivity contribution in [2.75, 3.05) is 25.3 Å². The maximum atomic E-state index is 12.7. The molecule has 0 unspecified atom stereocenters. The second-order valence-electron chi connectivity index (χ2n) is 8.29. The Morgan fingerprint density at radius 1 is 1.10 bits per heavy atom. The molecule has 0 aliphatic carbocycles. The molecular weight excluding hydrogens is 536 g/mol. The van der Waals surface area contributed by atoms with Gasteiger partial charge in [0.05, 0.1) is 32.2 Å². The molecule has 0 atom stereocenters. The number of methoxy groups -OCH3 is 2. The topological polar surface area (TPSA) is 120 Å². The van der Waals surface area contributed by atoms with Gasteiger partial charge in [0.25, 0.3) is 5.91 Å². The van der Waals surface area contributed by atoms with Gasteiger partial charge in [-0.1, -0.05) is 47.7 Å². The maximum absolute atomic E-state index is 12.7. The number of carbonyl (C=O) groups is 2. The summed E-state index contributed by atoms with van der Waals surface area (Å²) in [4.78, 5) is 29.8. The molecule has 0 saturated carbocycles. The zero-order valence-electron chi connectivity index (χ0n) is 21.8. The largest absolute Gasteiger partial charge is 0.493 e. The van der Waals surface area contributed by atoms with E-state index in [1.54, 1.807) is 28.8 Å². The smallest absolute Gasteiger partial charge is 0.251 e. The quantitative estimate of drug-likeness (QED) is 0.190. The number of aromatic nitrogens is 4. The van der Waals surface area contributed by atoms with Crippen LogP contribution in [0.4, 0.5) is 5.13 Å². The summed E-state index contributed by atoms with van der Waals surface area (Å²) in [5, 5.41) is 17.1. The minimum atomic E-state index is -0.300. The number of carbonyl (C=O) groups excluding carboxylic acids is 2. The highest BCUT2D eigenvalue weighted by Crippen LogP contribution is 2.28. The Morgan fingerprint density at radius 3 is 2.59 bits per heavy atom. The molecular formula is C27H28N6O4S2. The molecule has 0 spiro atoms. The lowest BCUT2D eigenvalue weighted by molar-refractivity contribution is -0.113. The van der Waals surface area contributed by atoms with Crippen molar-refractivity contribution >= 4 is 40.0 Å². The first-order chi connectivity index (χ1) is 18.9. The Labute approximate surface area is 234 Å². The number of thioether (sulfide) groups is 1.